The minimum atomic E-state index is -0.168. The first-order valence-corrected chi connectivity index (χ1v) is 5.96. The molecule has 0 aliphatic carbocycles. The van der Waals surface area contributed by atoms with Gasteiger partial charge in [0.05, 0.1) is 6.10 Å². The molecule has 84 valence electrons. The summed E-state index contributed by atoms with van der Waals surface area (Å²) >= 11 is 0. The lowest BCUT2D eigenvalue weighted by Gasteiger charge is -2.10. The van der Waals surface area contributed by atoms with Crippen LogP contribution in [0.4, 0.5) is 0 Å². The van der Waals surface area contributed by atoms with Crippen LogP contribution in [0.1, 0.15) is 43.7 Å². The van der Waals surface area contributed by atoms with Crippen molar-refractivity contribution in [2.24, 2.45) is 0 Å². The molecule has 1 aromatic carbocycles. The zero-order valence-corrected chi connectivity index (χ0v) is 9.87. The van der Waals surface area contributed by atoms with Crippen LogP contribution in [-0.2, 0) is 6.42 Å². The summed E-state index contributed by atoms with van der Waals surface area (Å²) in [6.07, 6.45) is 5.15. The van der Waals surface area contributed by atoms with Gasteiger partial charge in [0.2, 0.25) is 0 Å². The summed E-state index contributed by atoms with van der Waals surface area (Å²) in [6.45, 7) is 4.28. The van der Waals surface area contributed by atoms with E-state index in [9.17, 15) is 5.11 Å². The summed E-state index contributed by atoms with van der Waals surface area (Å²) in [5.74, 6) is 0. The zero-order valence-electron chi connectivity index (χ0n) is 9.87. The van der Waals surface area contributed by atoms with E-state index in [4.69, 9.17) is 0 Å². The van der Waals surface area contributed by atoms with Gasteiger partial charge in [0.25, 0.3) is 0 Å². The van der Waals surface area contributed by atoms with Crippen LogP contribution in [-0.4, -0.2) is 11.2 Å². The van der Waals surface area contributed by atoms with E-state index in [2.05, 4.69) is 38.1 Å². The highest BCUT2D eigenvalue weighted by Crippen LogP contribution is 2.11. The predicted octanol–water partition coefficient (Wildman–Crippen LogP) is 3.48. The number of aliphatic hydroxyl groups excluding tert-OH is 1. The quantitative estimate of drug-likeness (QED) is 0.706. The third-order valence-electron chi connectivity index (χ3n) is 2.69. The number of hydrogen-bond acceptors (Lipinski definition) is 1. The van der Waals surface area contributed by atoms with Crippen LogP contribution in [0.2, 0.25) is 0 Å². The monoisotopic (exact) mass is 206 g/mol. The molecule has 15 heavy (non-hydrogen) atoms. The zero-order chi connectivity index (χ0) is 11.1. The van der Waals surface area contributed by atoms with E-state index >= 15 is 0 Å². The summed E-state index contributed by atoms with van der Waals surface area (Å²) in [4.78, 5) is 0. The van der Waals surface area contributed by atoms with E-state index in [0.29, 0.717) is 0 Å². The molecule has 0 saturated carbocycles. The van der Waals surface area contributed by atoms with Crippen molar-refractivity contribution in [2.45, 2.75) is 52.1 Å². The molecule has 1 aromatic rings. The summed E-state index contributed by atoms with van der Waals surface area (Å²) < 4.78 is 0. The second kappa shape index (κ2) is 6.62. The lowest BCUT2D eigenvalue weighted by molar-refractivity contribution is 0.161. The minimum absolute atomic E-state index is 0.168. The van der Waals surface area contributed by atoms with Gasteiger partial charge < -0.3 is 5.11 Å². The average molecular weight is 206 g/mol. The highest BCUT2D eigenvalue weighted by molar-refractivity contribution is 5.22. The maximum atomic E-state index is 9.82. The molecular weight excluding hydrogens is 184 g/mol. The summed E-state index contributed by atoms with van der Waals surface area (Å²) in [5.41, 5.74) is 2.52. The van der Waals surface area contributed by atoms with Crippen LogP contribution in [0, 0.1) is 6.92 Å². The molecule has 0 amide bonds. The topological polar surface area (TPSA) is 20.2 Å². The van der Waals surface area contributed by atoms with Gasteiger partial charge in [0.15, 0.2) is 0 Å². The molecule has 0 aromatic heterocycles. The Bertz CT molecular complexity index is 280. The summed E-state index contributed by atoms with van der Waals surface area (Å²) in [7, 11) is 0. The van der Waals surface area contributed by atoms with Crippen LogP contribution in [0.5, 0.6) is 0 Å². The van der Waals surface area contributed by atoms with Crippen molar-refractivity contribution >= 4 is 0 Å². The lowest BCUT2D eigenvalue weighted by atomic mass is 10.0. The van der Waals surface area contributed by atoms with E-state index in [0.717, 1.165) is 19.3 Å². The van der Waals surface area contributed by atoms with Crippen molar-refractivity contribution in [3.63, 3.8) is 0 Å². The third-order valence-corrected chi connectivity index (χ3v) is 2.69. The Hall–Kier alpha value is -0.820. The molecule has 0 bridgehead atoms. The van der Waals surface area contributed by atoms with Crippen LogP contribution >= 0.6 is 0 Å². The van der Waals surface area contributed by atoms with Crippen molar-refractivity contribution in [1.82, 2.24) is 0 Å². The first kappa shape index (κ1) is 12.3. The molecule has 1 rings (SSSR count). The number of benzene rings is 1. The standard InChI is InChI=1S/C14H22O/c1-3-4-5-9-14(15)11-13-8-6-7-12(2)10-13/h6-8,10,14-15H,3-5,9,11H2,1-2H3. The molecule has 1 nitrogen and oxygen atoms in total. The van der Waals surface area contributed by atoms with Crippen molar-refractivity contribution in [3.05, 3.63) is 35.4 Å². The molecule has 0 aliphatic rings. The Morgan fingerprint density at radius 1 is 1.27 bits per heavy atom. The normalized spacial score (nSPS) is 12.7. The first-order valence-electron chi connectivity index (χ1n) is 5.96. The molecule has 1 atom stereocenters. The Balaban J connectivity index is 2.34. The van der Waals surface area contributed by atoms with E-state index in [-0.39, 0.29) is 6.10 Å². The number of hydrogen-bond donors (Lipinski definition) is 1. The maximum Gasteiger partial charge on any atom is 0.0580 e. The lowest BCUT2D eigenvalue weighted by Crippen LogP contribution is -2.10. The second-order valence-electron chi connectivity index (χ2n) is 4.34. The van der Waals surface area contributed by atoms with E-state index < -0.39 is 0 Å². The molecule has 0 saturated heterocycles. The Labute approximate surface area is 93.1 Å². The van der Waals surface area contributed by atoms with Crippen LogP contribution in [0.3, 0.4) is 0 Å². The van der Waals surface area contributed by atoms with Crippen LogP contribution < -0.4 is 0 Å². The number of rotatable bonds is 6. The predicted molar refractivity (Wildman–Crippen MR) is 65.0 cm³/mol. The molecule has 0 heterocycles. The average Bonchev–Trinajstić information content (AvgIpc) is 2.18. The van der Waals surface area contributed by atoms with Crippen molar-refractivity contribution < 1.29 is 5.11 Å². The molecule has 0 radical (unpaired) electrons. The van der Waals surface area contributed by atoms with Gasteiger partial charge in [-0.05, 0) is 25.3 Å². The van der Waals surface area contributed by atoms with E-state index in [1.807, 2.05) is 0 Å². The smallest absolute Gasteiger partial charge is 0.0580 e. The fraction of sp³-hybridized carbons (Fsp3) is 0.571. The fourth-order valence-corrected chi connectivity index (χ4v) is 1.84. The van der Waals surface area contributed by atoms with Gasteiger partial charge in [-0.25, -0.2) is 0 Å². The van der Waals surface area contributed by atoms with Gasteiger partial charge in [0, 0.05) is 0 Å². The molecule has 1 heteroatoms. The number of unbranched alkanes of at least 4 members (excludes halogenated alkanes) is 2. The minimum Gasteiger partial charge on any atom is -0.393 e. The molecule has 0 aliphatic heterocycles. The van der Waals surface area contributed by atoms with Crippen LogP contribution in [0.25, 0.3) is 0 Å². The second-order valence-corrected chi connectivity index (χ2v) is 4.34. The molecular formula is C14H22O. The number of aryl methyl sites for hydroxylation is 1. The molecule has 0 spiro atoms. The molecule has 1 N–H and O–H groups in total. The van der Waals surface area contributed by atoms with Gasteiger partial charge in [-0.3, -0.25) is 0 Å². The summed E-state index contributed by atoms with van der Waals surface area (Å²) in [6, 6.07) is 8.40. The van der Waals surface area contributed by atoms with Gasteiger partial charge in [-0.1, -0.05) is 56.0 Å². The van der Waals surface area contributed by atoms with Crippen molar-refractivity contribution in [3.8, 4) is 0 Å². The Morgan fingerprint density at radius 2 is 2.07 bits per heavy atom. The Kier molecular flexibility index (Phi) is 5.41. The highest BCUT2D eigenvalue weighted by Gasteiger charge is 2.04. The fourth-order valence-electron chi connectivity index (χ4n) is 1.84. The largest absolute Gasteiger partial charge is 0.393 e. The number of aliphatic hydroxyl groups is 1. The van der Waals surface area contributed by atoms with E-state index in [1.165, 1.54) is 24.0 Å². The Morgan fingerprint density at radius 3 is 2.73 bits per heavy atom. The SMILES string of the molecule is CCCCCC(O)Cc1cccc(C)c1. The molecule has 0 fully saturated rings. The highest BCUT2D eigenvalue weighted by atomic mass is 16.3. The van der Waals surface area contributed by atoms with Gasteiger partial charge in [0.1, 0.15) is 0 Å². The van der Waals surface area contributed by atoms with Gasteiger partial charge >= 0.3 is 0 Å². The van der Waals surface area contributed by atoms with Gasteiger partial charge in [-0.15, -0.1) is 0 Å². The van der Waals surface area contributed by atoms with Crippen molar-refractivity contribution in [2.75, 3.05) is 0 Å². The third kappa shape index (κ3) is 4.98. The maximum absolute atomic E-state index is 9.82. The summed E-state index contributed by atoms with van der Waals surface area (Å²) in [5, 5.41) is 9.82. The first-order chi connectivity index (χ1) is 7.22. The van der Waals surface area contributed by atoms with Gasteiger partial charge in [-0.2, -0.15) is 0 Å². The van der Waals surface area contributed by atoms with Crippen LogP contribution in [0.15, 0.2) is 24.3 Å². The van der Waals surface area contributed by atoms with E-state index in [1.54, 1.807) is 0 Å². The molecule has 1 unspecified atom stereocenters. The van der Waals surface area contributed by atoms with Crippen molar-refractivity contribution in [1.29, 1.82) is 0 Å².